The zero-order valence-corrected chi connectivity index (χ0v) is 9.77. The van der Waals surface area contributed by atoms with E-state index in [9.17, 15) is 19.2 Å². The lowest BCUT2D eigenvalue weighted by Crippen LogP contribution is -2.19. The first-order chi connectivity index (χ1) is 7.02. The third-order valence-corrected chi connectivity index (χ3v) is 1.98. The highest BCUT2D eigenvalue weighted by Crippen LogP contribution is 2.06. The van der Waals surface area contributed by atoms with Crippen molar-refractivity contribution in [2.75, 3.05) is 11.5 Å². The molecule has 0 rings (SSSR count). The van der Waals surface area contributed by atoms with Crippen molar-refractivity contribution in [2.45, 2.75) is 0 Å². The maximum atomic E-state index is 10.7. The molecule has 15 heavy (non-hydrogen) atoms. The maximum absolute atomic E-state index is 10.7. The van der Waals surface area contributed by atoms with Crippen LogP contribution in [-0.4, -0.2) is 35.0 Å². The van der Waals surface area contributed by atoms with Crippen LogP contribution in [0.1, 0.15) is 0 Å². The molecule has 0 radical (unpaired) electrons. The number of hydrogen-bond donors (Lipinski definition) is 2. The molecule has 0 aliphatic heterocycles. The van der Waals surface area contributed by atoms with Crippen LogP contribution in [-0.2, 0) is 27.5 Å². The highest BCUT2D eigenvalue weighted by molar-refractivity contribution is 7.90. The summed E-state index contributed by atoms with van der Waals surface area (Å²) >= 11 is 7.02. The zero-order valence-electron chi connectivity index (χ0n) is 7.17. The molecule has 0 aliphatic rings. The largest absolute Gasteiger partial charge is 0.390 e. The van der Waals surface area contributed by atoms with E-state index in [0.29, 0.717) is 0 Å². The fraction of sp³-hybridized carbons (Fsp3) is 0.333. The third kappa shape index (κ3) is 5.70. The van der Waals surface area contributed by atoms with Gasteiger partial charge in [-0.2, -0.15) is 25.3 Å². The molecule has 0 atom stereocenters. The van der Waals surface area contributed by atoms with Gasteiger partial charge < -0.3 is 8.37 Å². The molecule has 0 heterocycles. The van der Waals surface area contributed by atoms with Crippen molar-refractivity contribution in [1.82, 2.24) is 0 Å². The van der Waals surface area contributed by atoms with Gasteiger partial charge in [0.05, 0.1) is 11.5 Å². The van der Waals surface area contributed by atoms with Crippen LogP contribution in [0.5, 0.6) is 0 Å². The Bertz CT molecular complexity index is 261. The zero-order chi connectivity index (χ0) is 11.8. The van der Waals surface area contributed by atoms with E-state index in [2.05, 4.69) is 33.6 Å². The second kappa shape index (κ2) is 7.60. The minimum absolute atomic E-state index is 0.0518. The summed E-state index contributed by atoms with van der Waals surface area (Å²) in [6.45, 7) is 0. The monoisotopic (exact) mass is 270 g/mol. The number of carbonyl (C=O) groups excluding carboxylic acids is 4. The number of carbonyl (C=O) groups is 4. The molecule has 0 N–H and O–H groups in total. The molecule has 9 heteroatoms. The molecular formula is C6H6O6S3. The number of rotatable bonds is 6. The van der Waals surface area contributed by atoms with Gasteiger partial charge in [0.2, 0.25) is 0 Å². The summed E-state index contributed by atoms with van der Waals surface area (Å²) in [5, 5.41) is 0. The standard InChI is InChI=1S/C6H6O6S3/c7-3(1-13)5(9)11-15-12-6(10)4(8)2-14/h13-14H,1-2H2. The van der Waals surface area contributed by atoms with Crippen LogP contribution in [0.25, 0.3) is 0 Å². The van der Waals surface area contributed by atoms with E-state index in [0.717, 1.165) is 0 Å². The maximum Gasteiger partial charge on any atom is 0.390 e. The van der Waals surface area contributed by atoms with Crippen molar-refractivity contribution in [1.29, 1.82) is 0 Å². The molecule has 0 unspecified atom stereocenters. The van der Waals surface area contributed by atoms with Gasteiger partial charge >= 0.3 is 11.9 Å². The Balaban J connectivity index is 3.80. The smallest absolute Gasteiger partial charge is 0.348 e. The molecule has 0 amide bonds. The van der Waals surface area contributed by atoms with Crippen LogP contribution in [0.4, 0.5) is 0 Å². The summed E-state index contributed by atoms with van der Waals surface area (Å²) in [5.74, 6) is -4.82. The van der Waals surface area contributed by atoms with Gasteiger partial charge in [0.25, 0.3) is 23.9 Å². The number of thiol groups is 2. The Morgan fingerprint density at radius 2 is 1.20 bits per heavy atom. The van der Waals surface area contributed by atoms with Crippen molar-refractivity contribution >= 4 is 61.1 Å². The van der Waals surface area contributed by atoms with Crippen LogP contribution in [0.2, 0.25) is 0 Å². The number of hydrogen-bond acceptors (Lipinski definition) is 9. The third-order valence-electron chi connectivity index (χ3n) is 0.962. The summed E-state index contributed by atoms with van der Waals surface area (Å²) in [5.41, 5.74) is 0. The number of ketones is 2. The minimum atomic E-state index is -1.21. The first-order valence-electron chi connectivity index (χ1n) is 3.40. The molecule has 0 aromatic carbocycles. The van der Waals surface area contributed by atoms with Crippen molar-refractivity contribution in [3.05, 3.63) is 0 Å². The van der Waals surface area contributed by atoms with E-state index >= 15 is 0 Å². The van der Waals surface area contributed by atoms with E-state index in [4.69, 9.17) is 0 Å². The molecule has 0 aromatic rings. The lowest BCUT2D eigenvalue weighted by Gasteiger charge is -1.99. The van der Waals surface area contributed by atoms with E-state index in [-0.39, 0.29) is 23.8 Å². The molecule has 0 bridgehead atoms. The number of Topliss-reactive ketones (excluding diaryl/α,β-unsaturated/α-hetero) is 2. The molecule has 0 spiro atoms. The van der Waals surface area contributed by atoms with Gasteiger partial charge in [0.1, 0.15) is 0 Å². The van der Waals surface area contributed by atoms with Gasteiger partial charge in [-0.15, -0.1) is 0 Å². The summed E-state index contributed by atoms with van der Waals surface area (Å²) in [4.78, 5) is 42.5. The lowest BCUT2D eigenvalue weighted by atomic mass is 10.5. The first kappa shape index (κ1) is 14.3. The fourth-order valence-corrected chi connectivity index (χ4v) is 0.903. The predicted molar refractivity (Wildman–Crippen MR) is 57.5 cm³/mol. The predicted octanol–water partition coefficient (Wildman–Crippen LogP) is -0.366. The Morgan fingerprint density at radius 3 is 1.47 bits per heavy atom. The SMILES string of the molecule is O=C(CS)C(=O)OSOC(=O)C(=O)CS. The Labute approximate surface area is 100 Å². The highest BCUT2D eigenvalue weighted by atomic mass is 32.2. The summed E-state index contributed by atoms with van der Waals surface area (Å²) in [6.07, 6.45) is 0. The van der Waals surface area contributed by atoms with Crippen LogP contribution < -0.4 is 0 Å². The van der Waals surface area contributed by atoms with E-state index < -0.39 is 23.5 Å². The van der Waals surface area contributed by atoms with Crippen molar-refractivity contribution in [3.63, 3.8) is 0 Å². The fourth-order valence-electron chi connectivity index (χ4n) is 0.301. The van der Waals surface area contributed by atoms with Crippen LogP contribution in [0, 0.1) is 0 Å². The topological polar surface area (TPSA) is 86.7 Å². The van der Waals surface area contributed by atoms with Gasteiger partial charge in [0.15, 0.2) is 0 Å². The van der Waals surface area contributed by atoms with Gasteiger partial charge in [0, 0.05) is 0 Å². The molecule has 0 aromatic heterocycles. The Morgan fingerprint density at radius 1 is 0.867 bits per heavy atom. The first-order valence-corrected chi connectivity index (χ1v) is 5.33. The van der Waals surface area contributed by atoms with Crippen LogP contribution in [0.15, 0.2) is 0 Å². The molecule has 0 saturated heterocycles. The lowest BCUT2D eigenvalue weighted by molar-refractivity contribution is -0.147. The second-order valence-corrected chi connectivity index (χ2v) is 3.07. The summed E-state index contributed by atoms with van der Waals surface area (Å²) in [7, 11) is 0. The molecule has 84 valence electrons. The normalized spacial score (nSPS) is 9.20. The summed E-state index contributed by atoms with van der Waals surface area (Å²) in [6, 6.07) is 0. The summed E-state index contributed by atoms with van der Waals surface area (Å²) < 4.78 is 8.24. The van der Waals surface area contributed by atoms with E-state index in [1.807, 2.05) is 0 Å². The van der Waals surface area contributed by atoms with Crippen LogP contribution in [0.3, 0.4) is 0 Å². The molecule has 0 saturated carbocycles. The molecule has 0 aliphatic carbocycles. The molecule has 0 fully saturated rings. The van der Waals surface area contributed by atoms with Gasteiger partial charge in [-0.1, -0.05) is 0 Å². The van der Waals surface area contributed by atoms with Gasteiger partial charge in [-0.25, -0.2) is 9.59 Å². The Kier molecular flexibility index (Phi) is 7.26. The van der Waals surface area contributed by atoms with Crippen molar-refractivity contribution in [3.8, 4) is 0 Å². The Hall–Kier alpha value is -0.670. The van der Waals surface area contributed by atoms with Crippen molar-refractivity contribution < 1.29 is 27.5 Å². The minimum Gasteiger partial charge on any atom is -0.348 e. The quantitative estimate of drug-likeness (QED) is 0.387. The van der Waals surface area contributed by atoms with Crippen LogP contribution >= 0.6 is 37.6 Å². The van der Waals surface area contributed by atoms with Gasteiger partial charge in [-0.3, -0.25) is 9.59 Å². The second-order valence-electron chi connectivity index (χ2n) is 1.97. The van der Waals surface area contributed by atoms with E-state index in [1.165, 1.54) is 0 Å². The van der Waals surface area contributed by atoms with Crippen molar-refractivity contribution in [2.24, 2.45) is 0 Å². The molecular weight excluding hydrogens is 264 g/mol. The molecule has 6 nitrogen and oxygen atoms in total. The van der Waals surface area contributed by atoms with Gasteiger partial charge in [-0.05, 0) is 0 Å². The highest BCUT2D eigenvalue weighted by Gasteiger charge is 2.18. The average Bonchev–Trinajstić information content (AvgIpc) is 2.26. The average molecular weight is 270 g/mol. The van der Waals surface area contributed by atoms with E-state index in [1.54, 1.807) is 0 Å².